The third kappa shape index (κ3) is 5.07. The molecule has 19 heavy (non-hydrogen) atoms. The Morgan fingerprint density at radius 1 is 1.37 bits per heavy atom. The number of nitrogens with two attached hydrogens (primary N) is 1. The largest absolute Gasteiger partial charge is 0.329 e. The lowest BCUT2D eigenvalue weighted by Gasteiger charge is -2.22. The highest BCUT2D eigenvalue weighted by atomic mass is 35.5. The third-order valence-electron chi connectivity index (χ3n) is 3.28. The van der Waals surface area contributed by atoms with Crippen LogP contribution in [0.1, 0.15) is 25.5 Å². The number of likely N-dealkylation sites (N-methyl/N-ethyl adjacent to an activating group) is 1. The van der Waals surface area contributed by atoms with E-state index in [9.17, 15) is 4.39 Å². The van der Waals surface area contributed by atoms with Crippen LogP contribution in [0.25, 0.3) is 0 Å². The SMILES string of the molecule is CCN(CC)CCNC(CN)c1cc(Cl)ccc1F. The molecule has 0 heterocycles. The second kappa shape index (κ2) is 8.48. The molecule has 0 aliphatic rings. The van der Waals surface area contributed by atoms with Crippen LogP contribution in [-0.4, -0.2) is 37.6 Å². The molecule has 0 saturated carbocycles. The van der Waals surface area contributed by atoms with Crippen molar-refractivity contribution >= 4 is 11.6 Å². The zero-order chi connectivity index (χ0) is 14.3. The Morgan fingerprint density at radius 3 is 2.63 bits per heavy atom. The number of hydrogen-bond acceptors (Lipinski definition) is 3. The van der Waals surface area contributed by atoms with Crippen molar-refractivity contribution in [3.63, 3.8) is 0 Å². The van der Waals surface area contributed by atoms with Crippen LogP contribution in [0.4, 0.5) is 4.39 Å². The maximum atomic E-state index is 13.8. The summed E-state index contributed by atoms with van der Waals surface area (Å²) < 4.78 is 13.8. The van der Waals surface area contributed by atoms with Crippen molar-refractivity contribution in [1.82, 2.24) is 10.2 Å². The maximum Gasteiger partial charge on any atom is 0.128 e. The van der Waals surface area contributed by atoms with E-state index in [-0.39, 0.29) is 11.9 Å². The van der Waals surface area contributed by atoms with Gasteiger partial charge in [-0.2, -0.15) is 0 Å². The van der Waals surface area contributed by atoms with E-state index in [0.29, 0.717) is 17.1 Å². The van der Waals surface area contributed by atoms with Gasteiger partial charge in [0.15, 0.2) is 0 Å². The Kier molecular flexibility index (Phi) is 7.31. The maximum absolute atomic E-state index is 13.8. The molecule has 1 unspecified atom stereocenters. The predicted octanol–water partition coefficient (Wildman–Crippen LogP) is 2.41. The normalized spacial score (nSPS) is 12.9. The van der Waals surface area contributed by atoms with Crippen molar-refractivity contribution in [3.8, 4) is 0 Å². The van der Waals surface area contributed by atoms with E-state index >= 15 is 0 Å². The van der Waals surface area contributed by atoms with Gasteiger partial charge in [-0.1, -0.05) is 25.4 Å². The fourth-order valence-electron chi connectivity index (χ4n) is 2.04. The van der Waals surface area contributed by atoms with Crippen LogP contribution in [0.15, 0.2) is 18.2 Å². The van der Waals surface area contributed by atoms with Crippen LogP contribution >= 0.6 is 11.6 Å². The Hall–Kier alpha value is -0.680. The van der Waals surface area contributed by atoms with E-state index in [4.69, 9.17) is 17.3 Å². The number of rotatable bonds is 8. The fourth-order valence-corrected chi connectivity index (χ4v) is 2.22. The van der Waals surface area contributed by atoms with Crippen molar-refractivity contribution in [2.45, 2.75) is 19.9 Å². The molecule has 3 nitrogen and oxygen atoms in total. The van der Waals surface area contributed by atoms with Crippen molar-refractivity contribution in [2.75, 3.05) is 32.7 Å². The molecule has 0 aliphatic carbocycles. The van der Waals surface area contributed by atoms with Gasteiger partial charge in [-0.05, 0) is 31.3 Å². The highest BCUT2D eigenvalue weighted by molar-refractivity contribution is 6.30. The van der Waals surface area contributed by atoms with Crippen molar-refractivity contribution in [3.05, 3.63) is 34.6 Å². The molecular formula is C14H23ClFN3. The summed E-state index contributed by atoms with van der Waals surface area (Å²) in [4.78, 5) is 2.30. The molecule has 5 heteroatoms. The summed E-state index contributed by atoms with van der Waals surface area (Å²) in [6.07, 6.45) is 0. The summed E-state index contributed by atoms with van der Waals surface area (Å²) in [5.41, 5.74) is 6.26. The van der Waals surface area contributed by atoms with E-state index in [2.05, 4.69) is 24.1 Å². The van der Waals surface area contributed by atoms with Gasteiger partial charge in [0.25, 0.3) is 0 Å². The lowest BCUT2D eigenvalue weighted by Crippen LogP contribution is -2.36. The highest BCUT2D eigenvalue weighted by Crippen LogP contribution is 2.20. The second-order valence-electron chi connectivity index (χ2n) is 4.44. The summed E-state index contributed by atoms with van der Waals surface area (Å²) in [7, 11) is 0. The molecular weight excluding hydrogens is 265 g/mol. The summed E-state index contributed by atoms with van der Waals surface area (Å²) >= 11 is 5.90. The summed E-state index contributed by atoms with van der Waals surface area (Å²) in [6.45, 7) is 8.31. The first-order valence-electron chi connectivity index (χ1n) is 6.73. The molecule has 1 aromatic carbocycles. The van der Waals surface area contributed by atoms with E-state index in [1.165, 1.54) is 6.07 Å². The molecule has 0 aliphatic heterocycles. The van der Waals surface area contributed by atoms with Crippen molar-refractivity contribution < 1.29 is 4.39 Å². The van der Waals surface area contributed by atoms with Gasteiger partial charge in [-0.15, -0.1) is 0 Å². The van der Waals surface area contributed by atoms with Crippen LogP contribution in [0.5, 0.6) is 0 Å². The third-order valence-corrected chi connectivity index (χ3v) is 3.52. The number of halogens is 2. The molecule has 0 radical (unpaired) electrons. The highest BCUT2D eigenvalue weighted by Gasteiger charge is 2.14. The van der Waals surface area contributed by atoms with Gasteiger partial charge >= 0.3 is 0 Å². The van der Waals surface area contributed by atoms with E-state index in [1.807, 2.05) is 0 Å². The van der Waals surface area contributed by atoms with Gasteiger partial charge in [-0.3, -0.25) is 0 Å². The summed E-state index contributed by atoms with van der Waals surface area (Å²) in [6, 6.07) is 4.36. The number of hydrogen-bond donors (Lipinski definition) is 2. The lowest BCUT2D eigenvalue weighted by atomic mass is 10.1. The standard InChI is InChI=1S/C14H23ClFN3/c1-3-19(4-2)8-7-18-14(10-17)12-9-11(15)5-6-13(12)16/h5-6,9,14,18H,3-4,7-8,10,17H2,1-2H3. The molecule has 0 bridgehead atoms. The van der Waals surface area contributed by atoms with E-state index in [1.54, 1.807) is 12.1 Å². The molecule has 0 saturated heterocycles. The zero-order valence-corrected chi connectivity index (χ0v) is 12.4. The Balaban J connectivity index is 2.60. The van der Waals surface area contributed by atoms with Gasteiger partial charge in [0.1, 0.15) is 5.82 Å². The first-order chi connectivity index (χ1) is 9.12. The Bertz CT molecular complexity index is 383. The Labute approximate surface area is 119 Å². The van der Waals surface area contributed by atoms with Crippen molar-refractivity contribution in [1.29, 1.82) is 0 Å². The van der Waals surface area contributed by atoms with E-state index < -0.39 is 0 Å². The van der Waals surface area contributed by atoms with E-state index in [0.717, 1.165) is 26.2 Å². The quantitative estimate of drug-likeness (QED) is 0.771. The molecule has 108 valence electrons. The minimum atomic E-state index is -0.268. The van der Waals surface area contributed by atoms with Crippen LogP contribution < -0.4 is 11.1 Å². The monoisotopic (exact) mass is 287 g/mol. The first kappa shape index (κ1) is 16.4. The number of nitrogens with zero attached hydrogens (tertiary/aromatic N) is 1. The molecule has 0 amide bonds. The molecule has 0 spiro atoms. The average Bonchev–Trinajstić information content (AvgIpc) is 2.42. The fraction of sp³-hybridized carbons (Fsp3) is 0.571. The smallest absolute Gasteiger partial charge is 0.128 e. The second-order valence-corrected chi connectivity index (χ2v) is 4.87. The van der Waals surface area contributed by atoms with Gasteiger partial charge in [0.05, 0.1) is 0 Å². The summed E-state index contributed by atoms with van der Waals surface area (Å²) in [5.74, 6) is -0.268. The minimum absolute atomic E-state index is 0.200. The number of nitrogens with one attached hydrogen (secondary N) is 1. The number of benzene rings is 1. The van der Waals surface area contributed by atoms with Crippen LogP contribution in [0.3, 0.4) is 0 Å². The summed E-state index contributed by atoms with van der Waals surface area (Å²) in [5, 5.41) is 3.82. The lowest BCUT2D eigenvalue weighted by molar-refractivity contribution is 0.296. The molecule has 0 fully saturated rings. The zero-order valence-electron chi connectivity index (χ0n) is 11.6. The topological polar surface area (TPSA) is 41.3 Å². The average molecular weight is 288 g/mol. The molecule has 0 aromatic heterocycles. The predicted molar refractivity (Wildman–Crippen MR) is 79.0 cm³/mol. The molecule has 3 N–H and O–H groups in total. The van der Waals surface area contributed by atoms with Gasteiger partial charge in [-0.25, -0.2) is 4.39 Å². The first-order valence-corrected chi connectivity index (χ1v) is 7.10. The van der Waals surface area contributed by atoms with Gasteiger partial charge < -0.3 is 16.0 Å². The van der Waals surface area contributed by atoms with Gasteiger partial charge in [0, 0.05) is 36.3 Å². The molecule has 1 rings (SSSR count). The Morgan fingerprint density at radius 2 is 2.05 bits per heavy atom. The van der Waals surface area contributed by atoms with Crippen LogP contribution in [0, 0.1) is 5.82 Å². The van der Waals surface area contributed by atoms with Crippen molar-refractivity contribution in [2.24, 2.45) is 5.73 Å². The van der Waals surface area contributed by atoms with Crippen LogP contribution in [-0.2, 0) is 0 Å². The van der Waals surface area contributed by atoms with Crippen LogP contribution in [0.2, 0.25) is 5.02 Å². The molecule has 1 atom stereocenters. The van der Waals surface area contributed by atoms with Gasteiger partial charge in [0.2, 0.25) is 0 Å². The minimum Gasteiger partial charge on any atom is -0.329 e. The molecule has 1 aromatic rings.